The van der Waals surface area contributed by atoms with Gasteiger partial charge in [-0.2, -0.15) is 0 Å². The van der Waals surface area contributed by atoms with E-state index >= 15 is 0 Å². The van der Waals surface area contributed by atoms with Gasteiger partial charge in [-0.1, -0.05) is 0 Å². The highest BCUT2D eigenvalue weighted by molar-refractivity contribution is 9.10. The minimum Gasteiger partial charge on any atom is -0.345 e. The van der Waals surface area contributed by atoms with Gasteiger partial charge in [0.2, 0.25) is 0 Å². The Labute approximate surface area is 96.0 Å². The zero-order valence-electron chi connectivity index (χ0n) is 8.59. The first-order valence-corrected chi connectivity index (χ1v) is 5.50. The quantitative estimate of drug-likeness (QED) is 0.848. The van der Waals surface area contributed by atoms with Crippen molar-refractivity contribution in [3.63, 3.8) is 0 Å². The van der Waals surface area contributed by atoms with Crippen LogP contribution >= 0.6 is 15.9 Å². The lowest BCUT2D eigenvalue weighted by molar-refractivity contribution is 0.629. The van der Waals surface area contributed by atoms with Gasteiger partial charge in [0.1, 0.15) is 5.82 Å². The van der Waals surface area contributed by atoms with Crippen molar-refractivity contribution >= 4 is 26.8 Å². The predicted molar refractivity (Wildman–Crippen MR) is 63.2 cm³/mol. The van der Waals surface area contributed by atoms with Gasteiger partial charge in [-0.25, -0.2) is 4.39 Å². The molecule has 2 nitrogen and oxygen atoms in total. The van der Waals surface area contributed by atoms with E-state index in [1.165, 1.54) is 12.1 Å². The first kappa shape index (κ1) is 10.6. The number of aryl methyl sites for hydroxylation is 1. The second-order valence-electron chi connectivity index (χ2n) is 3.71. The van der Waals surface area contributed by atoms with Gasteiger partial charge < -0.3 is 10.3 Å². The first-order chi connectivity index (χ1) is 7.02. The van der Waals surface area contributed by atoms with E-state index in [2.05, 4.69) is 15.9 Å². The fraction of sp³-hybridized carbons (Fsp3) is 0.273. The first-order valence-electron chi connectivity index (χ1n) is 4.71. The molecule has 15 heavy (non-hydrogen) atoms. The summed E-state index contributed by atoms with van der Waals surface area (Å²) in [5.74, 6) is -0.231. The summed E-state index contributed by atoms with van der Waals surface area (Å²) in [6.45, 7) is 1.91. The Hall–Kier alpha value is -0.870. The van der Waals surface area contributed by atoms with Crippen molar-refractivity contribution in [1.82, 2.24) is 4.57 Å². The summed E-state index contributed by atoms with van der Waals surface area (Å²) in [6, 6.07) is 4.66. The number of nitrogens with two attached hydrogens (primary N) is 1. The summed E-state index contributed by atoms with van der Waals surface area (Å²) >= 11 is 3.47. The fourth-order valence-corrected chi connectivity index (χ4v) is 2.84. The molecule has 0 radical (unpaired) electrons. The number of benzene rings is 1. The Balaban J connectivity index is 2.85. The van der Waals surface area contributed by atoms with Gasteiger partial charge in [-0.05, 0) is 41.1 Å². The molecule has 0 aliphatic heterocycles. The van der Waals surface area contributed by atoms with Crippen molar-refractivity contribution < 1.29 is 4.39 Å². The maximum Gasteiger partial charge on any atom is 0.123 e. The normalized spacial score (nSPS) is 13.4. The molecule has 0 saturated heterocycles. The summed E-state index contributed by atoms with van der Waals surface area (Å²) in [4.78, 5) is 0. The summed E-state index contributed by atoms with van der Waals surface area (Å²) in [5, 5.41) is 0.866. The molecule has 1 aromatic heterocycles. The van der Waals surface area contributed by atoms with E-state index in [9.17, 15) is 4.39 Å². The Morgan fingerprint density at radius 2 is 2.13 bits per heavy atom. The molecule has 80 valence electrons. The van der Waals surface area contributed by atoms with Crippen LogP contribution in [0.1, 0.15) is 18.7 Å². The van der Waals surface area contributed by atoms with Crippen LogP contribution in [0.3, 0.4) is 0 Å². The van der Waals surface area contributed by atoms with Gasteiger partial charge in [0.15, 0.2) is 0 Å². The van der Waals surface area contributed by atoms with E-state index < -0.39 is 0 Å². The van der Waals surface area contributed by atoms with Crippen LogP contribution in [0.15, 0.2) is 22.7 Å². The lowest BCUT2D eigenvalue weighted by Crippen LogP contribution is -2.10. The number of hydrogen-bond acceptors (Lipinski definition) is 1. The topological polar surface area (TPSA) is 30.9 Å². The third-order valence-electron chi connectivity index (χ3n) is 2.57. The van der Waals surface area contributed by atoms with Gasteiger partial charge in [0, 0.05) is 34.2 Å². The molecule has 1 unspecified atom stereocenters. The van der Waals surface area contributed by atoms with Crippen molar-refractivity contribution in [2.75, 3.05) is 0 Å². The second-order valence-corrected chi connectivity index (χ2v) is 4.50. The highest BCUT2D eigenvalue weighted by atomic mass is 79.9. The van der Waals surface area contributed by atoms with E-state index in [0.29, 0.717) is 0 Å². The standard InChI is InChI=1S/C11H12BrFN2/c1-6(14)11-10(12)8-5-7(13)3-4-9(8)15(11)2/h3-6H,14H2,1-2H3. The maximum absolute atomic E-state index is 13.1. The summed E-state index contributed by atoms with van der Waals surface area (Å²) in [5.41, 5.74) is 7.84. The zero-order valence-corrected chi connectivity index (χ0v) is 10.2. The molecular formula is C11H12BrFN2. The molecule has 2 N–H and O–H groups in total. The van der Waals surface area contributed by atoms with Crippen LogP contribution in [0, 0.1) is 5.82 Å². The molecular weight excluding hydrogens is 259 g/mol. The van der Waals surface area contributed by atoms with E-state index in [4.69, 9.17) is 5.73 Å². The Kier molecular flexibility index (Phi) is 2.56. The molecule has 2 aromatic rings. The molecule has 0 fully saturated rings. The third kappa shape index (κ3) is 1.58. The molecule has 0 aliphatic rings. The van der Waals surface area contributed by atoms with E-state index in [1.54, 1.807) is 6.07 Å². The van der Waals surface area contributed by atoms with Gasteiger partial charge >= 0.3 is 0 Å². The van der Waals surface area contributed by atoms with Crippen LogP contribution in [0.5, 0.6) is 0 Å². The van der Waals surface area contributed by atoms with Crippen molar-refractivity contribution in [2.45, 2.75) is 13.0 Å². The molecule has 4 heteroatoms. The molecule has 2 rings (SSSR count). The van der Waals surface area contributed by atoms with E-state index in [-0.39, 0.29) is 11.9 Å². The number of fused-ring (bicyclic) bond motifs is 1. The Bertz CT molecular complexity index is 517. The number of nitrogens with zero attached hydrogens (tertiary/aromatic N) is 1. The maximum atomic E-state index is 13.1. The summed E-state index contributed by atoms with van der Waals surface area (Å²) < 4.78 is 16.0. The monoisotopic (exact) mass is 270 g/mol. The molecule has 0 amide bonds. The van der Waals surface area contributed by atoms with Crippen LogP contribution < -0.4 is 5.73 Å². The molecule has 0 bridgehead atoms. The molecule has 1 aromatic carbocycles. The highest BCUT2D eigenvalue weighted by Crippen LogP contribution is 2.33. The zero-order chi connectivity index (χ0) is 11.2. The number of aromatic nitrogens is 1. The van der Waals surface area contributed by atoms with E-state index in [0.717, 1.165) is 21.1 Å². The van der Waals surface area contributed by atoms with Crippen LogP contribution in [0.25, 0.3) is 10.9 Å². The van der Waals surface area contributed by atoms with Crippen molar-refractivity contribution in [3.05, 3.63) is 34.2 Å². The fourth-order valence-electron chi connectivity index (χ4n) is 1.90. The number of rotatable bonds is 1. The average molecular weight is 271 g/mol. The predicted octanol–water partition coefficient (Wildman–Crippen LogP) is 3.10. The number of hydrogen-bond donors (Lipinski definition) is 1. The second kappa shape index (κ2) is 3.61. The third-order valence-corrected chi connectivity index (χ3v) is 3.41. The highest BCUT2D eigenvalue weighted by Gasteiger charge is 2.15. The Morgan fingerprint density at radius 3 is 2.73 bits per heavy atom. The largest absolute Gasteiger partial charge is 0.345 e. The minimum atomic E-state index is -0.231. The lowest BCUT2D eigenvalue weighted by atomic mass is 10.2. The van der Waals surface area contributed by atoms with Crippen LogP contribution in [-0.4, -0.2) is 4.57 Å². The molecule has 0 aliphatic carbocycles. The molecule has 0 saturated carbocycles. The van der Waals surface area contributed by atoms with Gasteiger partial charge in [0.05, 0.1) is 0 Å². The van der Waals surface area contributed by atoms with Gasteiger partial charge in [-0.3, -0.25) is 0 Å². The number of halogens is 2. The van der Waals surface area contributed by atoms with Gasteiger partial charge in [-0.15, -0.1) is 0 Å². The van der Waals surface area contributed by atoms with Crippen LogP contribution in [-0.2, 0) is 7.05 Å². The van der Waals surface area contributed by atoms with Crippen molar-refractivity contribution in [3.8, 4) is 0 Å². The van der Waals surface area contributed by atoms with Crippen molar-refractivity contribution in [2.24, 2.45) is 12.8 Å². The smallest absolute Gasteiger partial charge is 0.123 e. The van der Waals surface area contributed by atoms with E-state index in [1.807, 2.05) is 18.5 Å². The summed E-state index contributed by atoms with van der Waals surface area (Å²) in [6.07, 6.45) is 0. The average Bonchev–Trinajstić information content (AvgIpc) is 2.39. The molecule has 1 atom stereocenters. The van der Waals surface area contributed by atoms with Crippen LogP contribution in [0.2, 0.25) is 0 Å². The van der Waals surface area contributed by atoms with Crippen molar-refractivity contribution in [1.29, 1.82) is 0 Å². The lowest BCUT2D eigenvalue weighted by Gasteiger charge is -2.08. The van der Waals surface area contributed by atoms with Crippen LogP contribution in [0.4, 0.5) is 4.39 Å². The molecule has 1 heterocycles. The summed E-state index contributed by atoms with van der Waals surface area (Å²) in [7, 11) is 1.93. The molecule has 0 spiro atoms. The SMILES string of the molecule is CC(N)c1c(Br)c2cc(F)ccc2n1C. The minimum absolute atomic E-state index is 0.0835. The van der Waals surface area contributed by atoms with Gasteiger partial charge in [0.25, 0.3) is 0 Å². The Morgan fingerprint density at radius 1 is 1.47 bits per heavy atom.